The van der Waals surface area contributed by atoms with Gasteiger partial charge in [0, 0.05) is 24.4 Å². The molecule has 3 rings (SSSR count). The Hall–Kier alpha value is -1.41. The molecule has 1 aliphatic heterocycles. The molecular weight excluding hydrogens is 330 g/mol. The monoisotopic (exact) mass is 351 g/mol. The summed E-state index contributed by atoms with van der Waals surface area (Å²) in [5.41, 5.74) is 0. The molecule has 1 aliphatic rings. The molecule has 2 aromatic heterocycles. The first-order valence-corrected chi connectivity index (χ1v) is 9.78. The quantitative estimate of drug-likeness (QED) is 0.748. The molecule has 8 heteroatoms. The Morgan fingerprint density at radius 3 is 3.22 bits per heavy atom. The zero-order valence-corrected chi connectivity index (χ0v) is 14.9. The van der Waals surface area contributed by atoms with Gasteiger partial charge in [-0.25, -0.2) is 4.68 Å². The summed E-state index contributed by atoms with van der Waals surface area (Å²) < 4.78 is 1.79. The summed E-state index contributed by atoms with van der Waals surface area (Å²) in [7, 11) is 0. The molecule has 0 spiro atoms. The first kappa shape index (κ1) is 16.4. The molecule has 23 heavy (non-hydrogen) atoms. The highest BCUT2D eigenvalue weighted by Gasteiger charge is 2.21. The predicted molar refractivity (Wildman–Crippen MR) is 91.5 cm³/mol. The molecule has 1 saturated heterocycles. The number of aryl methyl sites for hydroxylation is 2. The molecule has 0 radical (unpaired) electrons. The van der Waals surface area contributed by atoms with Crippen molar-refractivity contribution in [2.45, 2.75) is 37.9 Å². The fraction of sp³-hybridized carbons (Fsp3) is 0.600. The van der Waals surface area contributed by atoms with Crippen LogP contribution in [0.4, 0.5) is 0 Å². The highest BCUT2D eigenvalue weighted by atomic mass is 32.2. The van der Waals surface area contributed by atoms with Gasteiger partial charge in [-0.05, 0) is 40.6 Å². The maximum absolute atomic E-state index is 12.3. The number of nitrogens with zero attached hydrogens (tertiary/aromatic N) is 5. The van der Waals surface area contributed by atoms with Gasteiger partial charge in [0.25, 0.3) is 0 Å². The topological polar surface area (TPSA) is 63.9 Å². The lowest BCUT2D eigenvalue weighted by molar-refractivity contribution is -0.130. The molecule has 2 aromatic rings. The van der Waals surface area contributed by atoms with Crippen LogP contribution in [-0.4, -0.2) is 49.9 Å². The molecule has 0 saturated carbocycles. The summed E-state index contributed by atoms with van der Waals surface area (Å²) in [6.45, 7) is 4.71. The van der Waals surface area contributed by atoms with Gasteiger partial charge in [0.2, 0.25) is 11.1 Å². The fourth-order valence-electron chi connectivity index (χ4n) is 2.74. The van der Waals surface area contributed by atoms with Crippen molar-refractivity contribution in [1.82, 2.24) is 25.1 Å². The average Bonchev–Trinajstić information content (AvgIpc) is 3.22. The number of thiophene rings is 1. The first-order valence-electron chi connectivity index (χ1n) is 7.91. The second-order valence-electron chi connectivity index (χ2n) is 5.89. The number of carbonyl (C=O) groups is 1. The van der Waals surface area contributed by atoms with Crippen LogP contribution in [0, 0.1) is 5.92 Å². The van der Waals surface area contributed by atoms with Crippen LogP contribution in [0.2, 0.25) is 0 Å². The van der Waals surface area contributed by atoms with E-state index in [1.807, 2.05) is 11.0 Å². The highest BCUT2D eigenvalue weighted by Crippen LogP contribution is 2.19. The molecule has 1 amide bonds. The minimum atomic E-state index is 0.189. The van der Waals surface area contributed by atoms with Gasteiger partial charge in [-0.15, -0.1) is 16.4 Å². The van der Waals surface area contributed by atoms with Gasteiger partial charge >= 0.3 is 0 Å². The Balaban J connectivity index is 1.50. The second kappa shape index (κ2) is 7.92. The van der Waals surface area contributed by atoms with E-state index in [0.29, 0.717) is 11.7 Å². The van der Waals surface area contributed by atoms with Gasteiger partial charge in [-0.3, -0.25) is 4.79 Å². The number of tetrazole rings is 1. The maximum Gasteiger partial charge on any atom is 0.233 e. The van der Waals surface area contributed by atoms with Gasteiger partial charge in [0.1, 0.15) is 0 Å². The second-order valence-corrected chi connectivity index (χ2v) is 7.86. The summed E-state index contributed by atoms with van der Waals surface area (Å²) >= 11 is 3.17. The van der Waals surface area contributed by atoms with Crippen molar-refractivity contribution < 1.29 is 4.79 Å². The van der Waals surface area contributed by atoms with Crippen LogP contribution >= 0.6 is 23.1 Å². The number of hydrogen-bond donors (Lipinski definition) is 0. The van der Waals surface area contributed by atoms with Crippen LogP contribution in [0.15, 0.2) is 22.7 Å². The van der Waals surface area contributed by atoms with Crippen molar-refractivity contribution in [3.63, 3.8) is 0 Å². The van der Waals surface area contributed by atoms with E-state index in [4.69, 9.17) is 0 Å². The number of carbonyl (C=O) groups excluding carboxylic acids is 1. The third-order valence-corrected chi connectivity index (χ3v) is 5.86. The molecule has 0 N–H and O–H groups in total. The fourth-order valence-corrected chi connectivity index (χ4v) is 4.25. The molecule has 3 heterocycles. The Morgan fingerprint density at radius 2 is 2.43 bits per heavy atom. The minimum absolute atomic E-state index is 0.189. The first-order chi connectivity index (χ1) is 11.2. The molecule has 0 aromatic carbocycles. The maximum atomic E-state index is 12.3. The SMILES string of the molecule is C[C@H]1CCCN(C(=O)CSc2nnnn2CCc2cccs2)C1. The van der Waals surface area contributed by atoms with E-state index in [-0.39, 0.29) is 5.91 Å². The van der Waals surface area contributed by atoms with Crippen molar-refractivity contribution >= 4 is 29.0 Å². The average molecular weight is 352 g/mol. The van der Waals surface area contributed by atoms with Crippen molar-refractivity contribution in [1.29, 1.82) is 0 Å². The lowest BCUT2D eigenvalue weighted by atomic mass is 10.0. The lowest BCUT2D eigenvalue weighted by Crippen LogP contribution is -2.40. The Bertz CT molecular complexity index is 628. The van der Waals surface area contributed by atoms with Gasteiger partial charge in [0.15, 0.2) is 0 Å². The van der Waals surface area contributed by atoms with Crippen molar-refractivity contribution in [2.75, 3.05) is 18.8 Å². The van der Waals surface area contributed by atoms with E-state index in [1.54, 1.807) is 16.0 Å². The third-order valence-electron chi connectivity index (χ3n) is 3.98. The molecule has 0 unspecified atom stereocenters. The molecule has 6 nitrogen and oxygen atoms in total. The summed E-state index contributed by atoms with van der Waals surface area (Å²) in [5, 5.41) is 14.6. The molecule has 1 fully saturated rings. The minimum Gasteiger partial charge on any atom is -0.342 e. The number of rotatable bonds is 6. The number of amides is 1. The summed E-state index contributed by atoms with van der Waals surface area (Å²) in [5.74, 6) is 1.20. The van der Waals surface area contributed by atoms with Crippen molar-refractivity contribution in [3.8, 4) is 0 Å². The van der Waals surface area contributed by atoms with E-state index in [2.05, 4.69) is 33.9 Å². The van der Waals surface area contributed by atoms with Crippen LogP contribution in [0.25, 0.3) is 0 Å². The van der Waals surface area contributed by atoms with Crippen LogP contribution < -0.4 is 0 Å². The molecule has 0 aliphatic carbocycles. The van der Waals surface area contributed by atoms with Crippen LogP contribution in [-0.2, 0) is 17.8 Å². The van der Waals surface area contributed by atoms with Crippen LogP contribution in [0.1, 0.15) is 24.6 Å². The largest absolute Gasteiger partial charge is 0.342 e. The molecular formula is C15H21N5OS2. The van der Waals surface area contributed by atoms with Gasteiger partial charge < -0.3 is 4.90 Å². The Labute approximate surface area is 144 Å². The zero-order valence-electron chi connectivity index (χ0n) is 13.2. The summed E-state index contributed by atoms with van der Waals surface area (Å²) in [6.07, 6.45) is 3.24. The Kier molecular flexibility index (Phi) is 5.66. The number of aromatic nitrogens is 4. The van der Waals surface area contributed by atoms with Crippen LogP contribution in [0.3, 0.4) is 0 Å². The zero-order chi connectivity index (χ0) is 16.1. The number of piperidine rings is 1. The van der Waals surface area contributed by atoms with Gasteiger partial charge in [-0.1, -0.05) is 24.8 Å². The summed E-state index contributed by atoms with van der Waals surface area (Å²) in [6, 6.07) is 4.16. The van der Waals surface area contributed by atoms with E-state index in [9.17, 15) is 4.79 Å². The van der Waals surface area contributed by atoms with E-state index >= 15 is 0 Å². The lowest BCUT2D eigenvalue weighted by Gasteiger charge is -2.30. The van der Waals surface area contributed by atoms with Crippen molar-refractivity contribution in [2.24, 2.45) is 5.92 Å². The third kappa shape index (κ3) is 4.54. The summed E-state index contributed by atoms with van der Waals surface area (Å²) in [4.78, 5) is 15.6. The normalized spacial score (nSPS) is 18.3. The molecule has 0 bridgehead atoms. The van der Waals surface area contributed by atoms with E-state index in [0.717, 1.165) is 37.6 Å². The predicted octanol–water partition coefficient (Wildman–Crippen LogP) is 2.33. The number of likely N-dealkylation sites (tertiary alicyclic amines) is 1. The van der Waals surface area contributed by atoms with Gasteiger partial charge in [-0.2, -0.15) is 0 Å². The van der Waals surface area contributed by atoms with Crippen LogP contribution in [0.5, 0.6) is 0 Å². The van der Waals surface area contributed by atoms with E-state index in [1.165, 1.54) is 23.1 Å². The van der Waals surface area contributed by atoms with E-state index < -0.39 is 0 Å². The molecule has 1 atom stereocenters. The Morgan fingerprint density at radius 1 is 1.52 bits per heavy atom. The van der Waals surface area contributed by atoms with Gasteiger partial charge in [0.05, 0.1) is 12.3 Å². The smallest absolute Gasteiger partial charge is 0.233 e. The standard InChI is InChI=1S/C15H21N5OS2/c1-12-4-2-7-19(10-12)14(21)11-23-15-16-17-18-20(15)8-6-13-5-3-9-22-13/h3,5,9,12H,2,4,6-8,10-11H2,1H3/t12-/m0/s1. The molecule has 124 valence electrons. The number of thioether (sulfide) groups is 1. The highest BCUT2D eigenvalue weighted by molar-refractivity contribution is 7.99. The van der Waals surface area contributed by atoms with Crippen molar-refractivity contribution in [3.05, 3.63) is 22.4 Å². The number of hydrogen-bond acceptors (Lipinski definition) is 6.